The SMILES string of the molecule is Cn1cnnc1SCC(C)(C)O. The Balaban J connectivity index is 2.49. The minimum atomic E-state index is -0.656. The number of hydrogen-bond acceptors (Lipinski definition) is 4. The summed E-state index contributed by atoms with van der Waals surface area (Å²) in [5.41, 5.74) is -0.656. The molecule has 68 valence electrons. The lowest BCUT2D eigenvalue weighted by atomic mass is 10.2. The van der Waals surface area contributed by atoms with Crippen molar-refractivity contribution in [3.8, 4) is 0 Å². The molecule has 0 fully saturated rings. The van der Waals surface area contributed by atoms with E-state index in [2.05, 4.69) is 10.2 Å². The number of aromatic nitrogens is 3. The van der Waals surface area contributed by atoms with E-state index in [0.29, 0.717) is 5.75 Å². The van der Waals surface area contributed by atoms with E-state index in [0.717, 1.165) is 5.16 Å². The van der Waals surface area contributed by atoms with Crippen molar-refractivity contribution in [3.05, 3.63) is 6.33 Å². The highest BCUT2D eigenvalue weighted by Gasteiger charge is 2.14. The lowest BCUT2D eigenvalue weighted by molar-refractivity contribution is 0.107. The zero-order chi connectivity index (χ0) is 9.19. The Labute approximate surface area is 76.0 Å². The van der Waals surface area contributed by atoms with E-state index < -0.39 is 5.60 Å². The van der Waals surface area contributed by atoms with Crippen molar-refractivity contribution < 1.29 is 5.11 Å². The Hall–Kier alpha value is -0.550. The second-order valence-electron chi connectivity index (χ2n) is 3.33. The molecule has 12 heavy (non-hydrogen) atoms. The van der Waals surface area contributed by atoms with Crippen LogP contribution in [0.25, 0.3) is 0 Å². The molecular formula is C7H13N3OS. The number of aryl methyl sites for hydroxylation is 1. The predicted octanol–water partition coefficient (Wildman–Crippen LogP) is 0.678. The molecule has 0 atom stereocenters. The van der Waals surface area contributed by atoms with Crippen molar-refractivity contribution in [1.29, 1.82) is 0 Å². The van der Waals surface area contributed by atoms with Crippen LogP contribution in [0.15, 0.2) is 11.5 Å². The first kappa shape index (κ1) is 9.54. The summed E-state index contributed by atoms with van der Waals surface area (Å²) in [6, 6.07) is 0. The van der Waals surface area contributed by atoms with Gasteiger partial charge in [-0.05, 0) is 13.8 Å². The van der Waals surface area contributed by atoms with E-state index in [1.54, 1.807) is 20.2 Å². The number of aliphatic hydroxyl groups is 1. The van der Waals surface area contributed by atoms with Crippen molar-refractivity contribution in [1.82, 2.24) is 14.8 Å². The van der Waals surface area contributed by atoms with Gasteiger partial charge in [0.1, 0.15) is 6.33 Å². The van der Waals surface area contributed by atoms with Crippen LogP contribution in [0.1, 0.15) is 13.8 Å². The van der Waals surface area contributed by atoms with Crippen molar-refractivity contribution in [2.24, 2.45) is 7.05 Å². The van der Waals surface area contributed by atoms with E-state index in [4.69, 9.17) is 0 Å². The molecule has 1 rings (SSSR count). The van der Waals surface area contributed by atoms with E-state index in [-0.39, 0.29) is 0 Å². The molecule has 0 saturated heterocycles. The van der Waals surface area contributed by atoms with E-state index >= 15 is 0 Å². The fraction of sp³-hybridized carbons (Fsp3) is 0.714. The van der Waals surface area contributed by atoms with Crippen LogP contribution in [0.3, 0.4) is 0 Å². The Morgan fingerprint density at radius 2 is 2.33 bits per heavy atom. The third-order valence-electron chi connectivity index (χ3n) is 1.22. The van der Waals surface area contributed by atoms with E-state index in [9.17, 15) is 5.11 Å². The first-order valence-corrected chi connectivity index (χ1v) is 4.67. The summed E-state index contributed by atoms with van der Waals surface area (Å²) in [4.78, 5) is 0. The summed E-state index contributed by atoms with van der Waals surface area (Å²) >= 11 is 1.50. The highest BCUT2D eigenvalue weighted by molar-refractivity contribution is 7.99. The average Bonchev–Trinajstić information content (AvgIpc) is 2.29. The van der Waals surface area contributed by atoms with Crippen LogP contribution in [-0.2, 0) is 7.05 Å². The third kappa shape index (κ3) is 2.83. The van der Waals surface area contributed by atoms with Crippen LogP contribution >= 0.6 is 11.8 Å². The maximum atomic E-state index is 9.43. The highest BCUT2D eigenvalue weighted by Crippen LogP contribution is 2.18. The van der Waals surface area contributed by atoms with Crippen LogP contribution < -0.4 is 0 Å². The van der Waals surface area contributed by atoms with Crippen LogP contribution in [0.5, 0.6) is 0 Å². The number of rotatable bonds is 3. The van der Waals surface area contributed by atoms with Crippen LogP contribution in [0, 0.1) is 0 Å². The topological polar surface area (TPSA) is 50.9 Å². The Kier molecular flexibility index (Phi) is 2.74. The molecular weight excluding hydrogens is 174 g/mol. The number of nitrogens with zero attached hydrogens (tertiary/aromatic N) is 3. The van der Waals surface area contributed by atoms with Gasteiger partial charge < -0.3 is 9.67 Å². The summed E-state index contributed by atoms with van der Waals surface area (Å²) < 4.78 is 1.83. The average molecular weight is 187 g/mol. The van der Waals surface area contributed by atoms with Gasteiger partial charge in [0.2, 0.25) is 0 Å². The minimum Gasteiger partial charge on any atom is -0.390 e. The molecule has 0 aliphatic rings. The van der Waals surface area contributed by atoms with Gasteiger partial charge in [-0.2, -0.15) is 0 Å². The molecule has 1 N–H and O–H groups in total. The van der Waals surface area contributed by atoms with Gasteiger partial charge in [-0.15, -0.1) is 10.2 Å². The normalized spacial score (nSPS) is 12.0. The van der Waals surface area contributed by atoms with Gasteiger partial charge in [-0.25, -0.2) is 0 Å². The van der Waals surface area contributed by atoms with Gasteiger partial charge in [-0.1, -0.05) is 11.8 Å². The molecule has 0 aromatic carbocycles. The fourth-order valence-electron chi connectivity index (χ4n) is 0.644. The Morgan fingerprint density at radius 3 is 2.75 bits per heavy atom. The molecule has 0 unspecified atom stereocenters. The summed E-state index contributed by atoms with van der Waals surface area (Å²) in [7, 11) is 1.88. The zero-order valence-corrected chi connectivity index (χ0v) is 8.30. The fourth-order valence-corrected chi connectivity index (χ4v) is 1.48. The van der Waals surface area contributed by atoms with Gasteiger partial charge in [0, 0.05) is 12.8 Å². The minimum absolute atomic E-state index is 0.625. The summed E-state index contributed by atoms with van der Waals surface area (Å²) in [6.07, 6.45) is 1.65. The van der Waals surface area contributed by atoms with Crippen molar-refractivity contribution in [2.75, 3.05) is 5.75 Å². The molecule has 4 nitrogen and oxygen atoms in total. The van der Waals surface area contributed by atoms with Crippen LogP contribution in [0.4, 0.5) is 0 Å². The second-order valence-corrected chi connectivity index (χ2v) is 4.27. The Morgan fingerprint density at radius 1 is 1.67 bits per heavy atom. The monoisotopic (exact) mass is 187 g/mol. The molecule has 0 bridgehead atoms. The van der Waals surface area contributed by atoms with Crippen molar-refractivity contribution >= 4 is 11.8 Å². The van der Waals surface area contributed by atoms with Crippen molar-refractivity contribution in [3.63, 3.8) is 0 Å². The molecule has 0 aliphatic heterocycles. The standard InChI is InChI=1S/C7H13N3OS/c1-7(2,11)4-12-6-9-8-5-10(6)3/h5,11H,4H2,1-3H3. The smallest absolute Gasteiger partial charge is 0.190 e. The quantitative estimate of drug-likeness (QED) is 0.707. The second kappa shape index (κ2) is 3.45. The maximum absolute atomic E-state index is 9.43. The van der Waals surface area contributed by atoms with Gasteiger partial charge in [-0.3, -0.25) is 0 Å². The van der Waals surface area contributed by atoms with Crippen LogP contribution in [-0.4, -0.2) is 31.2 Å². The molecule has 0 amide bonds. The molecule has 1 heterocycles. The first-order chi connectivity index (χ1) is 5.49. The van der Waals surface area contributed by atoms with Crippen molar-refractivity contribution in [2.45, 2.75) is 24.6 Å². The molecule has 0 radical (unpaired) electrons. The van der Waals surface area contributed by atoms with Gasteiger partial charge in [0.15, 0.2) is 5.16 Å². The number of thioether (sulfide) groups is 1. The summed E-state index contributed by atoms with van der Waals surface area (Å²) in [5.74, 6) is 0.625. The van der Waals surface area contributed by atoms with Gasteiger partial charge in [0.05, 0.1) is 5.60 Å². The van der Waals surface area contributed by atoms with Gasteiger partial charge in [0.25, 0.3) is 0 Å². The lowest BCUT2D eigenvalue weighted by Gasteiger charge is -2.15. The molecule has 0 spiro atoms. The highest BCUT2D eigenvalue weighted by atomic mass is 32.2. The third-order valence-corrected chi connectivity index (χ3v) is 2.70. The predicted molar refractivity (Wildman–Crippen MR) is 48.0 cm³/mol. The molecule has 5 heteroatoms. The first-order valence-electron chi connectivity index (χ1n) is 3.68. The maximum Gasteiger partial charge on any atom is 0.190 e. The largest absolute Gasteiger partial charge is 0.390 e. The molecule has 0 aliphatic carbocycles. The number of hydrogen-bond donors (Lipinski definition) is 1. The Bertz CT molecular complexity index is 253. The molecule has 1 aromatic rings. The van der Waals surface area contributed by atoms with Gasteiger partial charge >= 0.3 is 0 Å². The van der Waals surface area contributed by atoms with Crippen LogP contribution in [0.2, 0.25) is 0 Å². The van der Waals surface area contributed by atoms with E-state index in [1.165, 1.54) is 11.8 Å². The molecule has 1 aromatic heterocycles. The summed E-state index contributed by atoms with van der Waals surface area (Å²) in [6.45, 7) is 3.55. The molecule has 0 saturated carbocycles. The summed E-state index contributed by atoms with van der Waals surface area (Å²) in [5, 5.41) is 17.9. The lowest BCUT2D eigenvalue weighted by Crippen LogP contribution is -2.21. The van der Waals surface area contributed by atoms with E-state index in [1.807, 2.05) is 11.6 Å². The zero-order valence-electron chi connectivity index (χ0n) is 7.48.